The monoisotopic (exact) mass is 382 g/mol. The number of hydrogen-bond acceptors (Lipinski definition) is 6. The largest absolute Gasteiger partial charge is 0.513 e. The summed E-state index contributed by atoms with van der Waals surface area (Å²) in [6.07, 6.45) is -1.06. The molecule has 0 aliphatic rings. The van der Waals surface area contributed by atoms with Crippen molar-refractivity contribution in [3.05, 3.63) is 62.9 Å². The normalized spacial score (nSPS) is 10.1. The molecule has 2 aromatic rings. The van der Waals surface area contributed by atoms with Crippen molar-refractivity contribution in [1.82, 2.24) is 0 Å². The van der Waals surface area contributed by atoms with Crippen molar-refractivity contribution in [2.45, 2.75) is 6.92 Å². The van der Waals surface area contributed by atoms with E-state index in [0.717, 1.165) is 18.2 Å². The summed E-state index contributed by atoms with van der Waals surface area (Å²) in [6.45, 7) is 1.62. The second-order valence-electron chi connectivity index (χ2n) is 4.78. The Morgan fingerprint density at radius 3 is 2.65 bits per heavy atom. The number of hydrogen-bond donors (Lipinski definition) is 1. The van der Waals surface area contributed by atoms with E-state index >= 15 is 0 Å². The average Bonchev–Trinajstić information content (AvgIpc) is 2.59. The maximum atomic E-state index is 14.0. The van der Waals surface area contributed by atoms with Crippen molar-refractivity contribution in [3.63, 3.8) is 0 Å². The lowest BCUT2D eigenvalue weighted by Gasteiger charge is -2.11. The molecule has 0 bridgehead atoms. The highest BCUT2D eigenvalue weighted by molar-refractivity contribution is 6.32. The molecule has 0 aliphatic carbocycles. The fourth-order valence-corrected chi connectivity index (χ4v) is 2.14. The minimum atomic E-state index is -1.06. The fourth-order valence-electron chi connectivity index (χ4n) is 1.95. The number of para-hydroxylation sites is 1. The number of carbonyl (C=O) groups is 2. The van der Waals surface area contributed by atoms with Crippen LogP contribution in [0.1, 0.15) is 17.3 Å². The predicted molar refractivity (Wildman–Crippen MR) is 90.1 cm³/mol. The Balaban J connectivity index is 2.30. The number of nitrogens with zero attached hydrogens (tertiary/aromatic N) is 1. The van der Waals surface area contributed by atoms with Crippen molar-refractivity contribution in [3.8, 4) is 5.75 Å². The van der Waals surface area contributed by atoms with Crippen LogP contribution in [0.4, 0.5) is 20.6 Å². The lowest BCUT2D eigenvalue weighted by atomic mass is 10.1. The Bertz CT molecular complexity index is 874. The summed E-state index contributed by atoms with van der Waals surface area (Å²) in [6, 6.07) is 6.98. The molecule has 0 atom stereocenters. The van der Waals surface area contributed by atoms with Gasteiger partial charge >= 0.3 is 6.16 Å². The van der Waals surface area contributed by atoms with Gasteiger partial charge < -0.3 is 14.8 Å². The summed E-state index contributed by atoms with van der Waals surface area (Å²) >= 11 is 5.79. The molecule has 10 heteroatoms. The van der Waals surface area contributed by atoms with Crippen molar-refractivity contribution in [1.29, 1.82) is 0 Å². The average molecular weight is 383 g/mol. The molecule has 0 spiro atoms. The number of rotatable bonds is 5. The lowest BCUT2D eigenvalue weighted by molar-refractivity contribution is -0.385. The van der Waals surface area contributed by atoms with E-state index in [1.807, 2.05) is 0 Å². The highest BCUT2D eigenvalue weighted by Gasteiger charge is 2.21. The third kappa shape index (κ3) is 4.45. The zero-order valence-electron chi connectivity index (χ0n) is 13.3. The lowest BCUT2D eigenvalue weighted by Crippen LogP contribution is -2.15. The second-order valence-corrected chi connectivity index (χ2v) is 5.18. The van der Waals surface area contributed by atoms with Crippen LogP contribution in [0.5, 0.6) is 5.75 Å². The van der Waals surface area contributed by atoms with E-state index in [2.05, 4.69) is 10.1 Å². The van der Waals surface area contributed by atoms with Gasteiger partial charge in [0, 0.05) is 12.1 Å². The Morgan fingerprint density at radius 2 is 2.00 bits per heavy atom. The van der Waals surface area contributed by atoms with Gasteiger partial charge in [-0.05, 0) is 19.1 Å². The maximum absolute atomic E-state index is 14.0. The van der Waals surface area contributed by atoms with Crippen LogP contribution in [0.3, 0.4) is 0 Å². The quantitative estimate of drug-likeness (QED) is 0.360. The number of anilines is 1. The van der Waals surface area contributed by atoms with Crippen LogP contribution in [-0.4, -0.2) is 23.6 Å². The second kappa shape index (κ2) is 8.26. The first kappa shape index (κ1) is 19.1. The van der Waals surface area contributed by atoms with Gasteiger partial charge in [0.1, 0.15) is 11.4 Å². The van der Waals surface area contributed by atoms with Gasteiger partial charge in [-0.15, -0.1) is 0 Å². The van der Waals surface area contributed by atoms with Crippen molar-refractivity contribution >= 4 is 35.0 Å². The number of nitro benzene ring substituents is 1. The molecule has 0 saturated heterocycles. The summed E-state index contributed by atoms with van der Waals surface area (Å²) in [5.74, 6) is -2.08. The first-order valence-electron chi connectivity index (χ1n) is 7.22. The molecule has 1 amide bonds. The number of ether oxygens (including phenoxy) is 2. The number of halogens is 2. The molecule has 2 aromatic carbocycles. The van der Waals surface area contributed by atoms with Crippen LogP contribution in [-0.2, 0) is 4.74 Å². The SMILES string of the molecule is CCOC(=O)Oc1cc(NC(=O)c2ccccc2[N+](=O)[O-])c(F)cc1Cl. The van der Waals surface area contributed by atoms with Gasteiger partial charge in [-0.1, -0.05) is 23.7 Å². The molecule has 0 aliphatic heterocycles. The van der Waals surface area contributed by atoms with Gasteiger partial charge in [0.05, 0.1) is 22.2 Å². The zero-order chi connectivity index (χ0) is 19.3. The van der Waals surface area contributed by atoms with E-state index in [4.69, 9.17) is 16.3 Å². The van der Waals surface area contributed by atoms with Crippen molar-refractivity contribution in [2.24, 2.45) is 0 Å². The number of carbonyl (C=O) groups excluding carboxylic acids is 2. The standard InChI is InChI=1S/C16H12ClFN2O6/c1-2-25-16(22)26-14-8-12(11(18)7-10(14)17)19-15(21)9-5-3-4-6-13(9)20(23)24/h3-8H,2H2,1H3,(H,19,21). The van der Waals surface area contributed by atoms with E-state index in [-0.39, 0.29) is 28.6 Å². The molecule has 0 heterocycles. The summed E-state index contributed by atoms with van der Waals surface area (Å²) in [5.41, 5.74) is -1.08. The Labute approximate surface area is 151 Å². The molecule has 2 rings (SSSR count). The molecular weight excluding hydrogens is 371 g/mol. The van der Waals surface area contributed by atoms with Gasteiger partial charge in [0.25, 0.3) is 11.6 Å². The van der Waals surface area contributed by atoms with E-state index in [9.17, 15) is 24.1 Å². The predicted octanol–water partition coefficient (Wildman–Crippen LogP) is 4.17. The van der Waals surface area contributed by atoms with Crippen LogP contribution >= 0.6 is 11.6 Å². The highest BCUT2D eigenvalue weighted by Crippen LogP contribution is 2.31. The summed E-state index contributed by atoms with van der Waals surface area (Å²) in [5, 5.41) is 13.0. The Kier molecular flexibility index (Phi) is 6.07. The van der Waals surface area contributed by atoms with E-state index in [1.165, 1.54) is 18.2 Å². The minimum Gasteiger partial charge on any atom is -0.434 e. The maximum Gasteiger partial charge on any atom is 0.513 e. The molecular formula is C16H12ClFN2O6. The zero-order valence-corrected chi connectivity index (χ0v) is 14.1. The van der Waals surface area contributed by atoms with Gasteiger partial charge in [-0.25, -0.2) is 9.18 Å². The van der Waals surface area contributed by atoms with E-state index < -0.39 is 28.5 Å². The molecule has 0 saturated carbocycles. The van der Waals surface area contributed by atoms with Gasteiger partial charge in [-0.2, -0.15) is 0 Å². The first-order chi connectivity index (χ1) is 12.3. The molecule has 0 fully saturated rings. The molecule has 0 unspecified atom stereocenters. The number of amides is 1. The van der Waals surface area contributed by atoms with Crippen LogP contribution < -0.4 is 10.1 Å². The molecule has 136 valence electrons. The van der Waals surface area contributed by atoms with Crippen LogP contribution in [0.2, 0.25) is 5.02 Å². The number of benzene rings is 2. The molecule has 0 radical (unpaired) electrons. The topological polar surface area (TPSA) is 108 Å². The molecule has 8 nitrogen and oxygen atoms in total. The van der Waals surface area contributed by atoms with E-state index in [0.29, 0.717) is 0 Å². The van der Waals surface area contributed by atoms with Crippen LogP contribution in [0, 0.1) is 15.9 Å². The third-order valence-corrected chi connectivity index (χ3v) is 3.37. The number of nitrogens with one attached hydrogen (secondary N) is 1. The smallest absolute Gasteiger partial charge is 0.434 e. The Hall–Kier alpha value is -3.20. The van der Waals surface area contributed by atoms with Crippen molar-refractivity contribution in [2.75, 3.05) is 11.9 Å². The summed E-state index contributed by atoms with van der Waals surface area (Å²) in [7, 11) is 0. The van der Waals surface area contributed by atoms with Crippen LogP contribution in [0.15, 0.2) is 36.4 Å². The third-order valence-electron chi connectivity index (χ3n) is 3.07. The minimum absolute atomic E-state index is 0.0545. The highest BCUT2D eigenvalue weighted by atomic mass is 35.5. The van der Waals surface area contributed by atoms with Crippen molar-refractivity contribution < 1.29 is 28.4 Å². The summed E-state index contributed by atoms with van der Waals surface area (Å²) in [4.78, 5) is 33.9. The number of nitro groups is 1. The van der Waals surface area contributed by atoms with Gasteiger partial charge in [0.15, 0.2) is 5.75 Å². The van der Waals surface area contributed by atoms with Crippen LogP contribution in [0.25, 0.3) is 0 Å². The first-order valence-corrected chi connectivity index (χ1v) is 7.59. The molecule has 1 N–H and O–H groups in total. The van der Waals surface area contributed by atoms with Gasteiger partial charge in [0.2, 0.25) is 0 Å². The fraction of sp³-hybridized carbons (Fsp3) is 0.125. The molecule has 0 aromatic heterocycles. The summed E-state index contributed by atoms with van der Waals surface area (Å²) < 4.78 is 23.4. The van der Waals surface area contributed by atoms with Gasteiger partial charge in [-0.3, -0.25) is 14.9 Å². The van der Waals surface area contributed by atoms with E-state index in [1.54, 1.807) is 6.92 Å². The molecule has 26 heavy (non-hydrogen) atoms. The Morgan fingerprint density at radius 1 is 1.31 bits per heavy atom.